The SMILES string of the molecule is OC1CCCC1CNCc1ccccc1C1CC1. The lowest BCUT2D eigenvalue weighted by molar-refractivity contribution is 0.131. The highest BCUT2D eigenvalue weighted by molar-refractivity contribution is 5.33. The minimum Gasteiger partial charge on any atom is -0.393 e. The number of nitrogens with one attached hydrogen (secondary N) is 1. The molecule has 1 aromatic rings. The van der Waals surface area contributed by atoms with Crippen LogP contribution in [0.25, 0.3) is 0 Å². The van der Waals surface area contributed by atoms with Crippen molar-refractivity contribution in [1.29, 1.82) is 0 Å². The van der Waals surface area contributed by atoms with Gasteiger partial charge in [0.2, 0.25) is 0 Å². The number of aliphatic hydroxyl groups is 1. The third-order valence-corrected chi connectivity index (χ3v) is 4.41. The Labute approximate surface area is 109 Å². The van der Waals surface area contributed by atoms with E-state index in [1.807, 2.05) is 0 Å². The summed E-state index contributed by atoms with van der Waals surface area (Å²) < 4.78 is 0. The molecule has 2 aliphatic carbocycles. The molecule has 0 saturated heterocycles. The average molecular weight is 245 g/mol. The van der Waals surface area contributed by atoms with E-state index in [-0.39, 0.29) is 6.10 Å². The van der Waals surface area contributed by atoms with Gasteiger partial charge in [-0.3, -0.25) is 0 Å². The first-order valence-corrected chi connectivity index (χ1v) is 7.31. The Kier molecular flexibility index (Phi) is 3.67. The van der Waals surface area contributed by atoms with E-state index in [4.69, 9.17) is 0 Å². The van der Waals surface area contributed by atoms with E-state index < -0.39 is 0 Å². The standard InChI is InChI=1S/C16H23NO/c18-16-7-3-5-14(16)11-17-10-13-4-1-2-6-15(13)12-8-9-12/h1-2,4,6,12,14,16-18H,3,5,7-11H2. The summed E-state index contributed by atoms with van der Waals surface area (Å²) in [7, 11) is 0. The zero-order valence-corrected chi connectivity index (χ0v) is 10.9. The van der Waals surface area contributed by atoms with Crippen molar-refractivity contribution in [1.82, 2.24) is 5.32 Å². The third-order valence-electron chi connectivity index (χ3n) is 4.41. The number of benzene rings is 1. The van der Waals surface area contributed by atoms with E-state index in [2.05, 4.69) is 29.6 Å². The molecule has 2 heteroatoms. The molecule has 3 rings (SSSR count). The average Bonchev–Trinajstić information content (AvgIpc) is 3.15. The van der Waals surface area contributed by atoms with Crippen molar-refractivity contribution in [2.45, 2.75) is 50.7 Å². The Hall–Kier alpha value is -0.860. The highest BCUT2D eigenvalue weighted by Gasteiger charge is 2.26. The summed E-state index contributed by atoms with van der Waals surface area (Å²) in [6, 6.07) is 8.80. The molecule has 1 aromatic carbocycles. The van der Waals surface area contributed by atoms with Gasteiger partial charge in [0.25, 0.3) is 0 Å². The molecule has 0 aromatic heterocycles. The minimum absolute atomic E-state index is 0.0730. The van der Waals surface area contributed by atoms with Crippen molar-refractivity contribution in [3.05, 3.63) is 35.4 Å². The van der Waals surface area contributed by atoms with Gasteiger partial charge in [0, 0.05) is 13.1 Å². The molecule has 2 nitrogen and oxygen atoms in total. The summed E-state index contributed by atoms with van der Waals surface area (Å²) in [5, 5.41) is 13.3. The second kappa shape index (κ2) is 5.41. The third kappa shape index (κ3) is 2.76. The maximum atomic E-state index is 9.80. The summed E-state index contributed by atoms with van der Waals surface area (Å²) >= 11 is 0. The van der Waals surface area contributed by atoms with E-state index in [9.17, 15) is 5.11 Å². The van der Waals surface area contributed by atoms with Crippen molar-refractivity contribution in [2.75, 3.05) is 6.54 Å². The topological polar surface area (TPSA) is 32.3 Å². The monoisotopic (exact) mass is 245 g/mol. The van der Waals surface area contributed by atoms with Crippen LogP contribution in [0.3, 0.4) is 0 Å². The molecule has 2 aliphatic rings. The number of rotatable bonds is 5. The van der Waals surface area contributed by atoms with Gasteiger partial charge in [0.05, 0.1) is 6.10 Å². The van der Waals surface area contributed by atoms with Gasteiger partial charge in [-0.05, 0) is 48.6 Å². The van der Waals surface area contributed by atoms with Crippen LogP contribution in [0.5, 0.6) is 0 Å². The van der Waals surface area contributed by atoms with Gasteiger partial charge in [-0.25, -0.2) is 0 Å². The van der Waals surface area contributed by atoms with E-state index >= 15 is 0 Å². The fourth-order valence-electron chi connectivity index (χ4n) is 3.14. The Morgan fingerprint density at radius 1 is 1.11 bits per heavy atom. The highest BCUT2D eigenvalue weighted by Crippen LogP contribution is 2.41. The Balaban J connectivity index is 1.53. The van der Waals surface area contributed by atoms with Gasteiger partial charge in [-0.2, -0.15) is 0 Å². The van der Waals surface area contributed by atoms with E-state index in [0.29, 0.717) is 5.92 Å². The predicted octanol–water partition coefficient (Wildman–Crippen LogP) is 2.81. The first-order valence-electron chi connectivity index (χ1n) is 7.31. The first kappa shape index (κ1) is 12.2. The van der Waals surface area contributed by atoms with Crippen LogP contribution in [-0.4, -0.2) is 17.8 Å². The van der Waals surface area contributed by atoms with Gasteiger partial charge in [-0.15, -0.1) is 0 Å². The van der Waals surface area contributed by atoms with Crippen LogP contribution in [0.2, 0.25) is 0 Å². The molecule has 2 unspecified atom stereocenters. The lowest BCUT2D eigenvalue weighted by Gasteiger charge is -2.16. The summed E-state index contributed by atoms with van der Waals surface area (Å²) in [6.45, 7) is 1.91. The van der Waals surface area contributed by atoms with Crippen molar-refractivity contribution in [2.24, 2.45) is 5.92 Å². The molecule has 98 valence electrons. The summed E-state index contributed by atoms with van der Waals surface area (Å²) in [4.78, 5) is 0. The second-order valence-electron chi connectivity index (χ2n) is 5.86. The van der Waals surface area contributed by atoms with Crippen LogP contribution < -0.4 is 5.32 Å². The van der Waals surface area contributed by atoms with Gasteiger partial charge >= 0.3 is 0 Å². The largest absolute Gasteiger partial charge is 0.393 e. The molecule has 2 N–H and O–H groups in total. The Bertz CT molecular complexity index is 400. The van der Waals surface area contributed by atoms with Crippen LogP contribution >= 0.6 is 0 Å². The van der Waals surface area contributed by atoms with Crippen LogP contribution in [-0.2, 0) is 6.54 Å². The minimum atomic E-state index is -0.0730. The highest BCUT2D eigenvalue weighted by atomic mass is 16.3. The molecule has 0 heterocycles. The zero-order valence-electron chi connectivity index (χ0n) is 10.9. The molecule has 18 heavy (non-hydrogen) atoms. The quantitative estimate of drug-likeness (QED) is 0.836. The molecule has 0 bridgehead atoms. The molecule has 2 atom stereocenters. The summed E-state index contributed by atoms with van der Waals surface area (Å²) in [5.74, 6) is 1.29. The van der Waals surface area contributed by atoms with Gasteiger partial charge < -0.3 is 10.4 Å². The van der Waals surface area contributed by atoms with E-state index in [1.165, 1.54) is 36.8 Å². The lowest BCUT2D eigenvalue weighted by Crippen LogP contribution is -2.27. The fourth-order valence-corrected chi connectivity index (χ4v) is 3.14. The first-order chi connectivity index (χ1) is 8.84. The van der Waals surface area contributed by atoms with Gasteiger partial charge in [-0.1, -0.05) is 30.7 Å². The predicted molar refractivity (Wildman–Crippen MR) is 73.5 cm³/mol. The normalized spacial score (nSPS) is 27.6. The Morgan fingerprint density at radius 3 is 2.67 bits per heavy atom. The van der Waals surface area contributed by atoms with Crippen LogP contribution in [0.1, 0.15) is 49.1 Å². The number of hydrogen-bond acceptors (Lipinski definition) is 2. The molecule has 2 fully saturated rings. The molecular weight excluding hydrogens is 222 g/mol. The van der Waals surface area contributed by atoms with Crippen molar-refractivity contribution < 1.29 is 5.11 Å². The number of aliphatic hydroxyl groups excluding tert-OH is 1. The fraction of sp³-hybridized carbons (Fsp3) is 0.625. The van der Waals surface area contributed by atoms with Crippen molar-refractivity contribution in [3.63, 3.8) is 0 Å². The molecule has 0 amide bonds. The van der Waals surface area contributed by atoms with Gasteiger partial charge in [0.1, 0.15) is 0 Å². The Morgan fingerprint density at radius 2 is 1.94 bits per heavy atom. The summed E-state index contributed by atoms with van der Waals surface area (Å²) in [5.41, 5.74) is 2.99. The maximum Gasteiger partial charge on any atom is 0.0580 e. The van der Waals surface area contributed by atoms with Crippen LogP contribution in [0.4, 0.5) is 0 Å². The summed E-state index contributed by atoms with van der Waals surface area (Å²) in [6.07, 6.45) is 6.00. The molecule has 2 saturated carbocycles. The van der Waals surface area contributed by atoms with E-state index in [0.717, 1.165) is 25.4 Å². The van der Waals surface area contributed by atoms with Gasteiger partial charge in [0.15, 0.2) is 0 Å². The molecule has 0 spiro atoms. The molecular formula is C16H23NO. The molecule has 0 aliphatic heterocycles. The second-order valence-corrected chi connectivity index (χ2v) is 5.86. The number of hydrogen-bond donors (Lipinski definition) is 2. The van der Waals surface area contributed by atoms with Crippen LogP contribution in [0.15, 0.2) is 24.3 Å². The van der Waals surface area contributed by atoms with Crippen LogP contribution in [0, 0.1) is 5.92 Å². The zero-order chi connectivity index (χ0) is 12.4. The maximum absolute atomic E-state index is 9.80. The molecule has 0 radical (unpaired) electrons. The van der Waals surface area contributed by atoms with Crippen molar-refractivity contribution in [3.8, 4) is 0 Å². The van der Waals surface area contributed by atoms with Crippen molar-refractivity contribution >= 4 is 0 Å². The lowest BCUT2D eigenvalue weighted by atomic mass is 10.0. The van der Waals surface area contributed by atoms with E-state index in [1.54, 1.807) is 0 Å². The smallest absolute Gasteiger partial charge is 0.0580 e.